The molecule has 0 unspecified atom stereocenters. The van der Waals surface area contributed by atoms with Crippen LogP contribution in [0, 0.1) is 0 Å². The number of ether oxygens (including phenoxy) is 1. The average molecular weight is 533 g/mol. The number of phenolic OH excluding ortho intramolecular Hbond substituents is 2. The normalized spacial score (nSPS) is 11.9. The number of hydrogen-bond acceptors (Lipinski definition) is 6. The van der Waals surface area contributed by atoms with Crippen molar-refractivity contribution in [3.8, 4) is 17.2 Å². The number of aromatic hydroxyl groups is 2. The summed E-state index contributed by atoms with van der Waals surface area (Å²) in [6.45, 7) is 0. The zero-order chi connectivity index (χ0) is 23.2. The molecule has 5 aromatic rings. The van der Waals surface area contributed by atoms with Crippen LogP contribution < -0.4 is 15.6 Å². The monoisotopic (exact) mass is 530 g/mol. The van der Waals surface area contributed by atoms with Crippen LogP contribution in [0.3, 0.4) is 0 Å². The van der Waals surface area contributed by atoms with Crippen molar-refractivity contribution in [1.29, 1.82) is 0 Å². The van der Waals surface area contributed by atoms with Crippen LogP contribution in [0.1, 0.15) is 0 Å². The van der Waals surface area contributed by atoms with Crippen molar-refractivity contribution in [3.63, 3.8) is 0 Å². The van der Waals surface area contributed by atoms with Gasteiger partial charge in [0.1, 0.15) is 32.9 Å². The Morgan fingerprint density at radius 2 is 1.28 bits per heavy atom. The minimum atomic E-state index is -0.780. The molecule has 1 aromatic heterocycles. The molecular formula is C21H7Cl5O6. The van der Waals surface area contributed by atoms with E-state index >= 15 is 0 Å². The molecule has 1 heterocycles. The van der Waals surface area contributed by atoms with Gasteiger partial charge in [-0.1, -0.05) is 58.0 Å². The van der Waals surface area contributed by atoms with Crippen LogP contribution in [-0.2, 0) is 0 Å². The Bertz CT molecular complexity index is 1780. The Kier molecular flexibility index (Phi) is 4.75. The zero-order valence-corrected chi connectivity index (χ0v) is 19.4. The summed E-state index contributed by atoms with van der Waals surface area (Å²) in [5.41, 5.74) is -1.61. The van der Waals surface area contributed by atoms with Crippen molar-refractivity contribution in [3.05, 3.63) is 57.7 Å². The summed E-state index contributed by atoms with van der Waals surface area (Å²) in [6, 6.07) is 2.51. The van der Waals surface area contributed by atoms with Crippen molar-refractivity contribution in [2.45, 2.75) is 0 Å². The molecule has 32 heavy (non-hydrogen) atoms. The summed E-state index contributed by atoms with van der Waals surface area (Å²) in [5, 5.41) is 20.0. The van der Waals surface area contributed by atoms with E-state index in [2.05, 4.69) is 0 Å². The maximum atomic E-state index is 13.0. The molecule has 0 saturated carbocycles. The molecule has 0 radical (unpaired) electrons. The molecule has 0 saturated heterocycles. The number of fused-ring (bicyclic) bond motifs is 4. The summed E-state index contributed by atoms with van der Waals surface area (Å²) >= 11 is 31.2. The van der Waals surface area contributed by atoms with Crippen LogP contribution >= 0.6 is 58.0 Å². The van der Waals surface area contributed by atoms with Crippen LogP contribution in [0.25, 0.3) is 43.5 Å². The Balaban J connectivity index is 2.34. The van der Waals surface area contributed by atoms with Crippen LogP contribution in [-0.4, -0.2) is 17.3 Å². The van der Waals surface area contributed by atoms with Gasteiger partial charge < -0.3 is 19.4 Å². The van der Waals surface area contributed by atoms with E-state index in [-0.39, 0.29) is 74.3 Å². The molecule has 0 amide bonds. The lowest BCUT2D eigenvalue weighted by atomic mass is 9.95. The topological polar surface area (TPSA) is 97.0 Å². The zero-order valence-electron chi connectivity index (χ0n) is 15.6. The second-order valence-corrected chi connectivity index (χ2v) is 8.87. The van der Waals surface area contributed by atoms with Gasteiger partial charge in [0.05, 0.1) is 33.0 Å². The lowest BCUT2D eigenvalue weighted by molar-refractivity contribution is 0.420. The molecule has 0 fully saturated rings. The fraction of sp³-hybridized carbons (Fsp3) is 0.0476. The quantitative estimate of drug-likeness (QED) is 0.183. The lowest BCUT2D eigenvalue weighted by Crippen LogP contribution is -2.08. The van der Waals surface area contributed by atoms with Crippen molar-refractivity contribution < 1.29 is 19.4 Å². The fourth-order valence-electron chi connectivity index (χ4n) is 3.99. The summed E-state index contributed by atoms with van der Waals surface area (Å²) in [4.78, 5) is 26.0. The van der Waals surface area contributed by atoms with Gasteiger partial charge in [0.15, 0.2) is 5.58 Å². The first-order valence-corrected chi connectivity index (χ1v) is 10.6. The van der Waals surface area contributed by atoms with Gasteiger partial charge in [0.2, 0.25) is 10.9 Å². The van der Waals surface area contributed by atoms with Gasteiger partial charge in [-0.05, 0) is 6.07 Å². The predicted molar refractivity (Wildman–Crippen MR) is 127 cm³/mol. The molecule has 5 rings (SSSR count). The molecule has 0 aliphatic carbocycles. The van der Waals surface area contributed by atoms with E-state index in [4.69, 9.17) is 67.2 Å². The summed E-state index contributed by atoms with van der Waals surface area (Å²) in [6.07, 6.45) is 0. The minimum Gasteiger partial charge on any atom is -0.506 e. The Morgan fingerprint density at radius 1 is 0.719 bits per heavy atom. The number of halogens is 5. The van der Waals surface area contributed by atoms with Gasteiger partial charge in [-0.2, -0.15) is 0 Å². The highest BCUT2D eigenvalue weighted by atomic mass is 35.5. The largest absolute Gasteiger partial charge is 0.506 e. The van der Waals surface area contributed by atoms with Gasteiger partial charge in [-0.15, -0.1) is 0 Å². The first-order valence-electron chi connectivity index (χ1n) is 8.73. The second kappa shape index (κ2) is 7.07. The summed E-state index contributed by atoms with van der Waals surface area (Å²) < 4.78 is 11.3. The molecule has 0 bridgehead atoms. The SMILES string of the molecule is COc1c(Cl)c(=O)c2c(O)c(Cl)cc3oc4c(Cl)c(=O)c5c(O)c(Cl)cc(Cl)c5c4c1c32. The highest BCUT2D eigenvalue weighted by Crippen LogP contribution is 2.50. The standard InChI is InChI=1S/C21H7Cl5O6/c1-31-20-11-9-7(3-6(24)17(28)13(9)19(30)14(20)25)32-21-10(11)8-4(22)2-5(23)16(27)12(8)18(29)15(21)26/h2-3,27-28H,1H3. The van der Waals surface area contributed by atoms with Crippen LogP contribution in [0.15, 0.2) is 26.1 Å². The highest BCUT2D eigenvalue weighted by molar-refractivity contribution is 6.47. The maximum absolute atomic E-state index is 13.0. The third-order valence-electron chi connectivity index (χ3n) is 5.29. The van der Waals surface area contributed by atoms with Gasteiger partial charge in [-0.3, -0.25) is 9.59 Å². The Labute approximate surface area is 202 Å². The molecule has 2 N–H and O–H groups in total. The smallest absolute Gasteiger partial charge is 0.212 e. The van der Waals surface area contributed by atoms with E-state index in [1.807, 2.05) is 0 Å². The maximum Gasteiger partial charge on any atom is 0.212 e. The molecule has 0 aliphatic rings. The molecule has 4 aromatic carbocycles. The predicted octanol–water partition coefficient (Wildman–Crippen LogP) is 6.74. The van der Waals surface area contributed by atoms with Gasteiger partial charge in [0.25, 0.3) is 0 Å². The van der Waals surface area contributed by atoms with E-state index in [0.717, 1.165) is 0 Å². The van der Waals surface area contributed by atoms with Crippen LogP contribution in [0.2, 0.25) is 25.1 Å². The van der Waals surface area contributed by atoms with E-state index in [1.54, 1.807) is 0 Å². The molecule has 6 nitrogen and oxygen atoms in total. The molecule has 162 valence electrons. The molecule has 0 atom stereocenters. The number of rotatable bonds is 1. The fourth-order valence-corrected chi connectivity index (χ4v) is 5.23. The van der Waals surface area contributed by atoms with E-state index in [1.165, 1.54) is 19.2 Å². The van der Waals surface area contributed by atoms with E-state index < -0.39 is 22.4 Å². The summed E-state index contributed by atoms with van der Waals surface area (Å²) in [7, 11) is 1.29. The number of phenols is 2. The van der Waals surface area contributed by atoms with E-state index in [9.17, 15) is 19.8 Å². The van der Waals surface area contributed by atoms with Crippen LogP contribution in [0.5, 0.6) is 17.2 Å². The van der Waals surface area contributed by atoms with Gasteiger partial charge in [0, 0.05) is 27.6 Å². The van der Waals surface area contributed by atoms with Gasteiger partial charge in [-0.25, -0.2) is 0 Å². The highest BCUT2D eigenvalue weighted by Gasteiger charge is 2.29. The minimum absolute atomic E-state index is 0.00409. The van der Waals surface area contributed by atoms with Crippen molar-refractivity contribution in [1.82, 2.24) is 0 Å². The van der Waals surface area contributed by atoms with Crippen molar-refractivity contribution in [2.75, 3.05) is 7.11 Å². The number of benzene rings is 4. The first-order chi connectivity index (χ1) is 15.1. The second-order valence-electron chi connectivity index (χ2n) is 6.89. The van der Waals surface area contributed by atoms with Gasteiger partial charge >= 0.3 is 0 Å². The third-order valence-corrected chi connectivity index (χ3v) is 6.86. The number of hydrogen-bond donors (Lipinski definition) is 2. The molecule has 0 aliphatic heterocycles. The average Bonchev–Trinajstić information content (AvgIpc) is 2.75. The number of methoxy groups -OCH3 is 1. The summed E-state index contributed by atoms with van der Waals surface area (Å²) in [5.74, 6) is -1.12. The molecule has 0 spiro atoms. The van der Waals surface area contributed by atoms with Crippen LogP contribution in [0.4, 0.5) is 0 Å². The Hall–Kier alpha value is -2.35. The Morgan fingerprint density at radius 3 is 1.91 bits per heavy atom. The lowest BCUT2D eigenvalue weighted by Gasteiger charge is -2.17. The van der Waals surface area contributed by atoms with Crippen molar-refractivity contribution in [2.24, 2.45) is 0 Å². The first kappa shape index (κ1) is 21.5. The molecular weight excluding hydrogens is 525 g/mol. The van der Waals surface area contributed by atoms with E-state index in [0.29, 0.717) is 0 Å². The molecule has 11 heteroatoms. The van der Waals surface area contributed by atoms with Crippen molar-refractivity contribution >= 4 is 101 Å². The third kappa shape index (κ3) is 2.56.